The van der Waals surface area contributed by atoms with Gasteiger partial charge in [-0.25, -0.2) is 0 Å². The van der Waals surface area contributed by atoms with E-state index in [-0.39, 0.29) is 0 Å². The normalized spacial score (nSPS) is 12.2. The summed E-state index contributed by atoms with van der Waals surface area (Å²) in [4.78, 5) is 0. The number of rotatable bonds is 28. The maximum absolute atomic E-state index is 6.22. The maximum atomic E-state index is 6.22. The molecule has 4 heteroatoms. The lowest BCUT2D eigenvalue weighted by Crippen LogP contribution is -2.15. The van der Waals surface area contributed by atoms with Crippen molar-refractivity contribution in [3.8, 4) is 11.5 Å². The van der Waals surface area contributed by atoms with Crippen LogP contribution in [0.4, 0.5) is 0 Å². The molecule has 0 saturated heterocycles. The van der Waals surface area contributed by atoms with Crippen LogP contribution in [0.5, 0.6) is 11.5 Å². The molecule has 0 aliphatic rings. The zero-order chi connectivity index (χ0) is 29.4. The summed E-state index contributed by atoms with van der Waals surface area (Å²) in [5.74, 6) is 1.99. The van der Waals surface area contributed by atoms with Gasteiger partial charge in [-0.2, -0.15) is 0 Å². The van der Waals surface area contributed by atoms with Crippen LogP contribution in [0.15, 0.2) is 24.3 Å². The van der Waals surface area contributed by atoms with Crippen LogP contribution in [0, 0.1) is 0 Å². The van der Waals surface area contributed by atoms with Gasteiger partial charge in [-0.05, 0) is 62.8 Å². The largest absolute Gasteiger partial charge is 0.493 e. The number of ether oxygens (including phenoxy) is 2. The minimum atomic E-state index is -0.820. The Labute approximate surface area is 253 Å². The first-order valence-electron chi connectivity index (χ1n) is 17.6. The van der Waals surface area contributed by atoms with E-state index in [1.54, 1.807) is 0 Å². The molecule has 0 saturated carbocycles. The van der Waals surface area contributed by atoms with E-state index in [0.29, 0.717) is 0 Å². The van der Waals surface area contributed by atoms with Crippen molar-refractivity contribution in [3.63, 3.8) is 0 Å². The van der Waals surface area contributed by atoms with Gasteiger partial charge >= 0.3 is 0 Å². The van der Waals surface area contributed by atoms with Crippen LogP contribution in [0.25, 0.3) is 0 Å². The molecule has 40 heavy (non-hydrogen) atoms. The minimum Gasteiger partial charge on any atom is -0.493 e. The fourth-order valence-corrected chi connectivity index (χ4v) is 16.3. The van der Waals surface area contributed by atoms with Crippen molar-refractivity contribution in [1.29, 1.82) is 0 Å². The summed E-state index contributed by atoms with van der Waals surface area (Å²) in [6, 6.07) is 8.46. The van der Waals surface area contributed by atoms with Crippen LogP contribution < -0.4 is 9.47 Å². The predicted octanol–water partition coefficient (Wildman–Crippen LogP) is 12.1. The molecule has 0 fully saturated rings. The molecule has 0 spiro atoms. The third-order valence-corrected chi connectivity index (χ3v) is 19.0. The van der Waals surface area contributed by atoms with E-state index in [9.17, 15) is 0 Å². The lowest BCUT2D eigenvalue weighted by molar-refractivity contribution is 0.309. The summed E-state index contributed by atoms with van der Waals surface area (Å²) in [7, 11) is -1.64. The van der Waals surface area contributed by atoms with Gasteiger partial charge in [0.2, 0.25) is 0 Å². The standard InChI is InChI=1S/C36H70O2P2/c1-7-13-27-39(28-14-8-2,29-15-9-3)33-19-25-37-35-21-23-36(24-22-35)38-26-20-34-40(30-16-10-4,31-17-11-5)32-18-12-6/h21-24H,7-20,25-34H2,1-6H3/q+2. The molecule has 1 aromatic carbocycles. The van der Waals surface area contributed by atoms with Crippen molar-refractivity contribution in [1.82, 2.24) is 0 Å². The second kappa shape index (κ2) is 24.2. The van der Waals surface area contributed by atoms with E-state index in [2.05, 4.69) is 65.8 Å². The van der Waals surface area contributed by atoms with Crippen LogP contribution in [0.3, 0.4) is 0 Å². The Balaban J connectivity index is 2.54. The van der Waals surface area contributed by atoms with Gasteiger partial charge in [-0.1, -0.05) is 80.1 Å². The summed E-state index contributed by atoms with van der Waals surface area (Å²) in [5.41, 5.74) is 0. The lowest BCUT2D eigenvalue weighted by Gasteiger charge is -2.28. The van der Waals surface area contributed by atoms with Gasteiger partial charge in [0, 0.05) is 27.4 Å². The number of unbranched alkanes of at least 4 members (excludes halogenated alkanes) is 6. The SMILES string of the molecule is CCCC[P+](CCCC)(CCCC)CCCOc1ccc(OCCC[P+](CCCC)(CCCC)CCCC)cc1. The molecule has 0 aliphatic carbocycles. The molecule has 0 unspecified atom stereocenters. The van der Waals surface area contributed by atoms with E-state index in [1.807, 2.05) is 0 Å². The number of benzene rings is 1. The van der Waals surface area contributed by atoms with Gasteiger partial charge in [0.25, 0.3) is 0 Å². The highest BCUT2D eigenvalue weighted by atomic mass is 31.2. The van der Waals surface area contributed by atoms with E-state index < -0.39 is 14.5 Å². The van der Waals surface area contributed by atoms with E-state index in [4.69, 9.17) is 9.47 Å². The van der Waals surface area contributed by atoms with Crippen LogP contribution >= 0.6 is 14.5 Å². The van der Waals surface area contributed by atoms with E-state index >= 15 is 0 Å². The van der Waals surface area contributed by atoms with Gasteiger partial charge < -0.3 is 9.47 Å². The van der Waals surface area contributed by atoms with Crippen molar-refractivity contribution >= 4 is 14.5 Å². The monoisotopic (exact) mass is 596 g/mol. The van der Waals surface area contributed by atoms with Crippen LogP contribution in [0.2, 0.25) is 0 Å². The molecular formula is C36H70O2P2+2. The topological polar surface area (TPSA) is 18.5 Å². The molecule has 0 aromatic heterocycles. The fraction of sp³-hybridized carbons (Fsp3) is 0.833. The van der Waals surface area contributed by atoms with E-state index in [1.165, 1.54) is 139 Å². The molecule has 1 aromatic rings. The lowest BCUT2D eigenvalue weighted by atomic mass is 10.3. The first kappa shape index (κ1) is 37.7. The highest BCUT2D eigenvalue weighted by molar-refractivity contribution is 7.76. The Bertz CT molecular complexity index is 588. The highest BCUT2D eigenvalue weighted by Gasteiger charge is 2.35. The Morgan fingerprint density at radius 3 is 0.825 bits per heavy atom. The highest BCUT2D eigenvalue weighted by Crippen LogP contribution is 2.62. The van der Waals surface area contributed by atoms with E-state index in [0.717, 1.165) is 24.7 Å². The van der Waals surface area contributed by atoms with Crippen molar-refractivity contribution in [2.24, 2.45) is 0 Å². The molecule has 2 nitrogen and oxygen atoms in total. The molecule has 0 aliphatic heterocycles. The molecule has 0 N–H and O–H groups in total. The summed E-state index contributed by atoms with van der Waals surface area (Å²) < 4.78 is 12.4. The van der Waals surface area contributed by atoms with Crippen LogP contribution in [0.1, 0.15) is 131 Å². The van der Waals surface area contributed by atoms with Gasteiger partial charge in [0.15, 0.2) is 0 Å². The summed E-state index contributed by atoms with van der Waals surface area (Å²) in [5, 5.41) is 0. The van der Waals surface area contributed by atoms with Crippen molar-refractivity contribution in [2.75, 3.05) is 62.5 Å². The zero-order valence-electron chi connectivity index (χ0n) is 28.0. The molecule has 0 amide bonds. The van der Waals surface area contributed by atoms with Gasteiger partial charge in [0.05, 0.1) is 62.5 Å². The number of hydrogen-bond donors (Lipinski definition) is 0. The third kappa shape index (κ3) is 16.4. The van der Waals surface area contributed by atoms with Crippen molar-refractivity contribution < 1.29 is 9.47 Å². The first-order chi connectivity index (χ1) is 19.5. The molecule has 234 valence electrons. The second-order valence-corrected chi connectivity index (χ2v) is 21.4. The second-order valence-electron chi connectivity index (χ2n) is 12.5. The Kier molecular flexibility index (Phi) is 22.8. The molecule has 0 heterocycles. The Hall–Kier alpha value is -0.320. The quantitative estimate of drug-likeness (QED) is 0.0707. The Morgan fingerprint density at radius 2 is 0.600 bits per heavy atom. The van der Waals surface area contributed by atoms with Crippen molar-refractivity contribution in [3.05, 3.63) is 24.3 Å². The summed E-state index contributed by atoms with van der Waals surface area (Å²) in [6.07, 6.45) is 30.9. The average Bonchev–Trinajstić information content (AvgIpc) is 2.99. The van der Waals surface area contributed by atoms with Gasteiger partial charge in [-0.3, -0.25) is 0 Å². The average molecular weight is 597 g/mol. The molecule has 0 radical (unpaired) electrons. The van der Waals surface area contributed by atoms with Crippen molar-refractivity contribution in [2.45, 2.75) is 131 Å². The maximum Gasteiger partial charge on any atom is 0.119 e. The first-order valence-corrected chi connectivity index (χ1v) is 22.6. The van der Waals surface area contributed by atoms with Crippen LogP contribution in [-0.4, -0.2) is 62.5 Å². The van der Waals surface area contributed by atoms with Gasteiger partial charge in [-0.15, -0.1) is 0 Å². The number of hydrogen-bond acceptors (Lipinski definition) is 2. The minimum absolute atomic E-state index is 0.820. The van der Waals surface area contributed by atoms with Gasteiger partial charge in [0.1, 0.15) is 11.5 Å². The fourth-order valence-electron chi connectivity index (χ4n) is 6.11. The molecule has 1 rings (SSSR count). The third-order valence-electron chi connectivity index (χ3n) is 8.83. The predicted molar refractivity (Wildman–Crippen MR) is 189 cm³/mol. The van der Waals surface area contributed by atoms with Crippen LogP contribution in [-0.2, 0) is 0 Å². The zero-order valence-corrected chi connectivity index (χ0v) is 29.8. The molecular weight excluding hydrogens is 526 g/mol. The smallest absolute Gasteiger partial charge is 0.119 e. The molecule has 0 atom stereocenters. The molecule has 0 bridgehead atoms. The Morgan fingerprint density at radius 1 is 0.375 bits per heavy atom. The summed E-state index contributed by atoms with van der Waals surface area (Å²) >= 11 is 0. The summed E-state index contributed by atoms with van der Waals surface area (Å²) in [6.45, 7) is 15.8.